The molecular formula is C24H16. The van der Waals surface area contributed by atoms with Crippen molar-refractivity contribution in [2.45, 2.75) is 0 Å². The highest BCUT2D eigenvalue weighted by molar-refractivity contribution is 5.64. The Bertz CT molecular complexity index is 826. The normalized spacial score (nSPS) is 22.7. The predicted molar refractivity (Wildman–Crippen MR) is 101 cm³/mol. The van der Waals surface area contributed by atoms with E-state index < -0.39 is 0 Å². The second kappa shape index (κ2) is 5.21. The Morgan fingerprint density at radius 3 is 0.458 bits per heavy atom. The number of hydrogen-bond donors (Lipinski definition) is 0. The van der Waals surface area contributed by atoms with Crippen molar-refractivity contribution in [1.82, 2.24) is 0 Å². The highest BCUT2D eigenvalue weighted by Gasteiger charge is 2.08. The van der Waals surface area contributed by atoms with Crippen LogP contribution in [0.25, 0.3) is 0 Å². The fourth-order valence-electron chi connectivity index (χ4n) is 3.41. The van der Waals surface area contributed by atoms with E-state index in [0.717, 1.165) is 0 Å². The summed E-state index contributed by atoms with van der Waals surface area (Å²) in [7, 11) is 0. The van der Waals surface area contributed by atoms with Crippen molar-refractivity contribution < 1.29 is 0 Å². The van der Waals surface area contributed by atoms with Gasteiger partial charge in [0.15, 0.2) is 0 Å². The van der Waals surface area contributed by atoms with Gasteiger partial charge in [-0.25, -0.2) is 0 Å². The number of rotatable bonds is 0. The Labute approximate surface area is 142 Å². The van der Waals surface area contributed by atoms with Gasteiger partial charge in [-0.05, 0) is 93.2 Å². The SMILES string of the molecule is C1=CC2=CC3=CC(=CC4=CC(=CC5=CC(=CC1=C2)C=C5)C=C4)C=C3. The summed E-state index contributed by atoms with van der Waals surface area (Å²) in [4.78, 5) is 0. The van der Waals surface area contributed by atoms with Crippen molar-refractivity contribution in [3.8, 4) is 0 Å². The Balaban J connectivity index is 1.65. The van der Waals surface area contributed by atoms with Gasteiger partial charge in [-0.2, -0.15) is 0 Å². The zero-order valence-electron chi connectivity index (χ0n) is 13.2. The lowest BCUT2D eigenvalue weighted by molar-refractivity contribution is 1.61. The molecule has 0 aromatic heterocycles. The van der Waals surface area contributed by atoms with Crippen molar-refractivity contribution in [3.05, 3.63) is 142 Å². The minimum Gasteiger partial charge on any atom is -0.0543 e. The molecule has 0 aliphatic heterocycles. The maximum absolute atomic E-state index is 2.24. The number of allylic oxidation sites excluding steroid dienone is 24. The Morgan fingerprint density at radius 1 is 0.208 bits per heavy atom. The van der Waals surface area contributed by atoms with Gasteiger partial charge in [0.2, 0.25) is 0 Å². The molecule has 0 atom stereocenters. The molecule has 0 saturated heterocycles. The Hall–Kier alpha value is -3.12. The zero-order valence-corrected chi connectivity index (χ0v) is 13.2. The first-order valence-corrected chi connectivity index (χ1v) is 8.26. The van der Waals surface area contributed by atoms with Crippen LogP contribution in [0.1, 0.15) is 0 Å². The summed E-state index contributed by atoms with van der Waals surface area (Å²) in [5.41, 5.74) is 10.00. The van der Waals surface area contributed by atoms with Gasteiger partial charge >= 0.3 is 0 Å². The molecule has 0 fully saturated rings. The van der Waals surface area contributed by atoms with Crippen LogP contribution in [0.4, 0.5) is 0 Å². The highest BCUT2D eigenvalue weighted by atomic mass is 14.1. The molecule has 24 heavy (non-hydrogen) atoms. The molecule has 0 heterocycles. The molecule has 5 aliphatic rings. The third-order valence-corrected chi connectivity index (χ3v) is 4.54. The van der Waals surface area contributed by atoms with E-state index >= 15 is 0 Å². The summed E-state index contributed by atoms with van der Waals surface area (Å²) in [6.45, 7) is 0. The summed E-state index contributed by atoms with van der Waals surface area (Å²) in [5.74, 6) is 0. The zero-order chi connectivity index (χ0) is 15.9. The standard InChI is InChI=1S/C24H16/c1-2-18-9-17(1)13-19-3-4-21(10-19)15-23-7-8-24(12-23)16-22-6-5-20(11-22)14-18/h1-16H. The third kappa shape index (κ3) is 2.53. The first-order chi connectivity index (χ1) is 11.8. The third-order valence-electron chi connectivity index (χ3n) is 4.54. The second-order valence-corrected chi connectivity index (χ2v) is 6.49. The average molecular weight is 304 g/mol. The molecule has 5 rings (SSSR count). The molecule has 0 aromatic carbocycles. The van der Waals surface area contributed by atoms with Gasteiger partial charge in [0.05, 0.1) is 0 Å². The van der Waals surface area contributed by atoms with Crippen LogP contribution in [0.3, 0.4) is 0 Å². The molecule has 5 aliphatic carbocycles. The van der Waals surface area contributed by atoms with Crippen LogP contribution in [0.5, 0.6) is 0 Å². The Morgan fingerprint density at radius 2 is 0.333 bits per heavy atom. The Kier molecular flexibility index (Phi) is 2.89. The monoisotopic (exact) mass is 304 g/mol. The first kappa shape index (κ1) is 13.3. The van der Waals surface area contributed by atoms with E-state index in [1.54, 1.807) is 0 Å². The van der Waals surface area contributed by atoms with Crippen molar-refractivity contribution in [2.75, 3.05) is 0 Å². The second-order valence-electron chi connectivity index (χ2n) is 6.49. The van der Waals surface area contributed by atoms with Crippen LogP contribution in [0, 0.1) is 0 Å². The van der Waals surface area contributed by atoms with Gasteiger partial charge in [-0.15, -0.1) is 0 Å². The van der Waals surface area contributed by atoms with E-state index in [0.29, 0.717) is 0 Å². The van der Waals surface area contributed by atoms with E-state index in [4.69, 9.17) is 0 Å². The van der Waals surface area contributed by atoms with Crippen LogP contribution in [-0.4, -0.2) is 0 Å². The fourth-order valence-corrected chi connectivity index (χ4v) is 3.41. The highest BCUT2D eigenvalue weighted by Crippen LogP contribution is 2.28. The van der Waals surface area contributed by atoms with Gasteiger partial charge in [0.25, 0.3) is 0 Å². The minimum absolute atomic E-state index is 1.25. The van der Waals surface area contributed by atoms with Crippen LogP contribution in [-0.2, 0) is 0 Å². The quantitative estimate of drug-likeness (QED) is 0.539. The summed E-state index contributed by atoms with van der Waals surface area (Å²) in [6, 6.07) is 0. The topological polar surface area (TPSA) is 0 Å². The van der Waals surface area contributed by atoms with Gasteiger partial charge < -0.3 is 0 Å². The van der Waals surface area contributed by atoms with Crippen LogP contribution in [0.2, 0.25) is 0 Å². The molecule has 0 spiro atoms. The average Bonchev–Trinajstić information content (AvgIpc) is 3.32. The number of fused-ring (bicyclic) bond motifs is 4. The molecular weight excluding hydrogens is 288 g/mol. The lowest BCUT2D eigenvalue weighted by atomic mass is 10.1. The van der Waals surface area contributed by atoms with Crippen molar-refractivity contribution in [1.29, 1.82) is 0 Å². The van der Waals surface area contributed by atoms with Gasteiger partial charge in [-0.3, -0.25) is 0 Å². The summed E-state index contributed by atoms with van der Waals surface area (Å²) >= 11 is 0. The maximum Gasteiger partial charge on any atom is -0.0245 e. The predicted octanol–water partition coefficient (Wildman–Crippen LogP) is 5.69. The van der Waals surface area contributed by atoms with E-state index in [1.807, 2.05) is 0 Å². The van der Waals surface area contributed by atoms with Crippen molar-refractivity contribution >= 4 is 0 Å². The molecule has 0 amide bonds. The van der Waals surface area contributed by atoms with E-state index in [9.17, 15) is 0 Å². The van der Waals surface area contributed by atoms with Crippen LogP contribution in [0.15, 0.2) is 142 Å². The molecule has 0 radical (unpaired) electrons. The molecule has 0 nitrogen and oxygen atoms in total. The summed E-state index contributed by atoms with van der Waals surface area (Å²) in [5, 5.41) is 0. The van der Waals surface area contributed by atoms with Gasteiger partial charge in [0.1, 0.15) is 0 Å². The smallest absolute Gasteiger partial charge is 0.0245 e. The number of hydrogen-bond acceptors (Lipinski definition) is 0. The summed E-state index contributed by atoms with van der Waals surface area (Å²) < 4.78 is 0. The molecule has 0 unspecified atom stereocenters. The molecule has 0 aromatic rings. The minimum atomic E-state index is 1.25. The van der Waals surface area contributed by atoms with Crippen LogP contribution >= 0.6 is 0 Å². The van der Waals surface area contributed by atoms with Crippen LogP contribution < -0.4 is 0 Å². The maximum atomic E-state index is 2.24. The molecule has 112 valence electrons. The molecule has 8 bridgehead atoms. The molecule has 0 N–H and O–H groups in total. The van der Waals surface area contributed by atoms with E-state index in [2.05, 4.69) is 97.2 Å². The molecule has 0 heteroatoms. The van der Waals surface area contributed by atoms with Crippen molar-refractivity contribution in [3.63, 3.8) is 0 Å². The van der Waals surface area contributed by atoms with Gasteiger partial charge in [0, 0.05) is 0 Å². The lowest BCUT2D eigenvalue weighted by Crippen LogP contribution is -1.75. The first-order valence-electron chi connectivity index (χ1n) is 8.26. The summed E-state index contributed by atoms with van der Waals surface area (Å²) in [6.07, 6.45) is 35.3. The van der Waals surface area contributed by atoms with E-state index in [-0.39, 0.29) is 0 Å². The van der Waals surface area contributed by atoms with E-state index in [1.165, 1.54) is 44.6 Å². The lowest BCUT2D eigenvalue weighted by Gasteiger charge is -1.94. The van der Waals surface area contributed by atoms with Crippen molar-refractivity contribution in [2.24, 2.45) is 0 Å². The van der Waals surface area contributed by atoms with Gasteiger partial charge in [-0.1, -0.05) is 48.6 Å². The largest absolute Gasteiger partial charge is 0.0543 e. The molecule has 0 saturated carbocycles. The fraction of sp³-hybridized carbons (Fsp3) is 0.